The lowest BCUT2D eigenvalue weighted by atomic mass is 10.1. The maximum atomic E-state index is 12.1. The summed E-state index contributed by atoms with van der Waals surface area (Å²) in [6, 6.07) is 9.79. The Balaban J connectivity index is 1.94. The van der Waals surface area contributed by atoms with Crippen molar-refractivity contribution in [2.24, 2.45) is 0 Å². The van der Waals surface area contributed by atoms with Crippen LogP contribution in [0.4, 0.5) is 0 Å². The number of Topliss-reactive ketones (excluding diaryl/α,β-unsaturated/α-hetero) is 1. The van der Waals surface area contributed by atoms with Crippen molar-refractivity contribution in [3.8, 4) is 0 Å². The SMILES string of the molecule is C[C@@H](OC(=O)/C=C/c1ccc(Br)o1)C(=O)c1ccc(Cl)cc1. The van der Waals surface area contributed by atoms with Crippen LogP contribution >= 0.6 is 27.5 Å². The molecule has 0 aliphatic carbocycles. The van der Waals surface area contributed by atoms with Crippen LogP contribution in [0.15, 0.2) is 51.6 Å². The van der Waals surface area contributed by atoms with Crippen molar-refractivity contribution in [3.05, 3.63) is 63.5 Å². The Labute approximate surface area is 140 Å². The van der Waals surface area contributed by atoms with Gasteiger partial charge in [-0.25, -0.2) is 4.79 Å². The third-order valence-electron chi connectivity index (χ3n) is 2.77. The van der Waals surface area contributed by atoms with E-state index >= 15 is 0 Å². The summed E-state index contributed by atoms with van der Waals surface area (Å²) in [7, 11) is 0. The van der Waals surface area contributed by atoms with Gasteiger partial charge < -0.3 is 9.15 Å². The first-order valence-corrected chi connectivity index (χ1v) is 7.56. The molecule has 1 atom stereocenters. The number of hydrogen-bond donors (Lipinski definition) is 0. The molecule has 0 saturated carbocycles. The molecule has 0 spiro atoms. The minimum Gasteiger partial charge on any atom is -0.451 e. The van der Waals surface area contributed by atoms with E-state index in [0.29, 0.717) is 21.0 Å². The van der Waals surface area contributed by atoms with E-state index in [0.717, 1.165) is 0 Å². The van der Waals surface area contributed by atoms with Gasteiger partial charge in [-0.2, -0.15) is 0 Å². The number of rotatable bonds is 5. The number of ketones is 1. The van der Waals surface area contributed by atoms with Gasteiger partial charge in [-0.1, -0.05) is 11.6 Å². The molecule has 6 heteroatoms. The topological polar surface area (TPSA) is 56.5 Å². The molecule has 114 valence electrons. The van der Waals surface area contributed by atoms with Crippen LogP contribution in [0.25, 0.3) is 6.08 Å². The second-order valence-electron chi connectivity index (χ2n) is 4.43. The molecule has 0 saturated heterocycles. The van der Waals surface area contributed by atoms with Crippen molar-refractivity contribution >= 4 is 45.4 Å². The van der Waals surface area contributed by atoms with E-state index in [1.807, 2.05) is 0 Å². The molecule has 0 radical (unpaired) electrons. The lowest BCUT2D eigenvalue weighted by Gasteiger charge is -2.10. The third kappa shape index (κ3) is 4.58. The molecule has 0 bridgehead atoms. The molecule has 0 N–H and O–H groups in total. The molecule has 0 aliphatic heterocycles. The number of carbonyl (C=O) groups is 2. The van der Waals surface area contributed by atoms with Gasteiger partial charge in [-0.05, 0) is 65.3 Å². The smallest absolute Gasteiger partial charge is 0.331 e. The fourth-order valence-corrected chi connectivity index (χ4v) is 2.13. The maximum Gasteiger partial charge on any atom is 0.331 e. The van der Waals surface area contributed by atoms with Crippen LogP contribution in [0.2, 0.25) is 5.02 Å². The van der Waals surface area contributed by atoms with E-state index in [4.69, 9.17) is 20.8 Å². The maximum absolute atomic E-state index is 12.1. The molecule has 1 heterocycles. The number of halogens is 2. The van der Waals surface area contributed by atoms with Crippen molar-refractivity contribution in [2.45, 2.75) is 13.0 Å². The summed E-state index contributed by atoms with van der Waals surface area (Å²) >= 11 is 8.92. The molecule has 2 aromatic rings. The minimum absolute atomic E-state index is 0.292. The summed E-state index contributed by atoms with van der Waals surface area (Å²) < 4.78 is 10.8. The van der Waals surface area contributed by atoms with Crippen molar-refractivity contribution in [3.63, 3.8) is 0 Å². The number of carbonyl (C=O) groups excluding carboxylic acids is 2. The van der Waals surface area contributed by atoms with E-state index in [9.17, 15) is 9.59 Å². The van der Waals surface area contributed by atoms with Gasteiger partial charge in [0.25, 0.3) is 0 Å². The molecular weight excluding hydrogens is 372 g/mol. The lowest BCUT2D eigenvalue weighted by Crippen LogP contribution is -2.23. The normalized spacial score (nSPS) is 12.3. The van der Waals surface area contributed by atoms with Gasteiger partial charge in [-0.15, -0.1) is 0 Å². The van der Waals surface area contributed by atoms with Crippen molar-refractivity contribution in [1.29, 1.82) is 0 Å². The van der Waals surface area contributed by atoms with E-state index in [-0.39, 0.29) is 5.78 Å². The van der Waals surface area contributed by atoms with Gasteiger partial charge in [-0.3, -0.25) is 4.79 Å². The Hall–Kier alpha value is -1.85. The van der Waals surface area contributed by atoms with Crippen molar-refractivity contribution in [2.75, 3.05) is 0 Å². The van der Waals surface area contributed by atoms with E-state index < -0.39 is 12.1 Å². The number of hydrogen-bond acceptors (Lipinski definition) is 4. The molecule has 1 aromatic carbocycles. The Morgan fingerprint density at radius 1 is 1.23 bits per heavy atom. The molecule has 4 nitrogen and oxygen atoms in total. The minimum atomic E-state index is -0.887. The Morgan fingerprint density at radius 2 is 1.91 bits per heavy atom. The Kier molecular flexibility index (Phi) is 5.57. The van der Waals surface area contributed by atoms with Crippen LogP contribution in [-0.2, 0) is 9.53 Å². The van der Waals surface area contributed by atoms with Gasteiger partial charge in [0.15, 0.2) is 10.8 Å². The zero-order valence-corrected chi connectivity index (χ0v) is 13.9. The molecule has 0 unspecified atom stereocenters. The highest BCUT2D eigenvalue weighted by Gasteiger charge is 2.18. The van der Waals surface area contributed by atoms with E-state index in [2.05, 4.69) is 15.9 Å². The predicted octanol–water partition coefficient (Wildman–Crippen LogP) is 4.52. The van der Waals surface area contributed by atoms with Gasteiger partial charge in [0.1, 0.15) is 5.76 Å². The Bertz CT molecular complexity index is 703. The fraction of sp³-hybridized carbons (Fsp3) is 0.125. The van der Waals surface area contributed by atoms with E-state index in [1.54, 1.807) is 36.4 Å². The van der Waals surface area contributed by atoms with E-state index in [1.165, 1.54) is 19.1 Å². The van der Waals surface area contributed by atoms with Crippen LogP contribution in [0.5, 0.6) is 0 Å². The first kappa shape index (κ1) is 16.5. The van der Waals surface area contributed by atoms with Crippen LogP contribution in [0.1, 0.15) is 23.0 Å². The number of ether oxygens (including phenoxy) is 1. The quantitative estimate of drug-likeness (QED) is 0.433. The summed E-state index contributed by atoms with van der Waals surface area (Å²) in [4.78, 5) is 23.8. The molecule has 0 fully saturated rings. The van der Waals surface area contributed by atoms with Crippen LogP contribution in [0.3, 0.4) is 0 Å². The fourth-order valence-electron chi connectivity index (χ4n) is 1.68. The lowest BCUT2D eigenvalue weighted by molar-refractivity contribution is -0.140. The second kappa shape index (κ2) is 7.42. The van der Waals surface area contributed by atoms with Gasteiger partial charge >= 0.3 is 5.97 Å². The Morgan fingerprint density at radius 3 is 2.50 bits per heavy atom. The van der Waals surface area contributed by atoms with Gasteiger partial charge in [0.2, 0.25) is 5.78 Å². The summed E-state index contributed by atoms with van der Waals surface area (Å²) in [6.45, 7) is 1.52. The molecular formula is C16H12BrClO4. The highest BCUT2D eigenvalue weighted by atomic mass is 79.9. The van der Waals surface area contributed by atoms with Crippen LogP contribution in [0, 0.1) is 0 Å². The number of esters is 1. The molecule has 0 aliphatic rings. The summed E-state index contributed by atoms with van der Waals surface area (Å²) in [5.74, 6) is -0.415. The highest BCUT2D eigenvalue weighted by molar-refractivity contribution is 9.10. The third-order valence-corrected chi connectivity index (χ3v) is 3.45. The number of furan rings is 1. The largest absolute Gasteiger partial charge is 0.451 e. The molecule has 2 rings (SSSR count). The molecule has 0 amide bonds. The average molecular weight is 384 g/mol. The zero-order valence-electron chi connectivity index (χ0n) is 11.6. The highest BCUT2D eigenvalue weighted by Crippen LogP contribution is 2.15. The number of benzene rings is 1. The standard InChI is InChI=1S/C16H12BrClO4/c1-10(16(20)11-2-4-12(18)5-3-11)21-15(19)9-7-13-6-8-14(17)22-13/h2-10H,1H3/b9-7+/t10-/m1/s1. The first-order valence-electron chi connectivity index (χ1n) is 6.39. The summed E-state index contributed by atoms with van der Waals surface area (Å²) in [6.07, 6.45) is 1.78. The van der Waals surface area contributed by atoms with Crippen molar-refractivity contribution in [1.82, 2.24) is 0 Å². The first-order chi connectivity index (χ1) is 10.5. The predicted molar refractivity (Wildman–Crippen MR) is 86.8 cm³/mol. The second-order valence-corrected chi connectivity index (χ2v) is 5.64. The van der Waals surface area contributed by atoms with Crippen LogP contribution in [-0.4, -0.2) is 17.9 Å². The molecule has 22 heavy (non-hydrogen) atoms. The van der Waals surface area contributed by atoms with Crippen LogP contribution < -0.4 is 0 Å². The monoisotopic (exact) mass is 382 g/mol. The summed E-state index contributed by atoms with van der Waals surface area (Å²) in [5.41, 5.74) is 0.434. The average Bonchev–Trinajstić information content (AvgIpc) is 2.91. The zero-order chi connectivity index (χ0) is 16.1. The van der Waals surface area contributed by atoms with Crippen molar-refractivity contribution < 1.29 is 18.7 Å². The summed E-state index contributed by atoms with van der Waals surface area (Å²) in [5, 5.41) is 0.536. The molecule has 1 aromatic heterocycles. The van der Waals surface area contributed by atoms with Gasteiger partial charge in [0, 0.05) is 16.7 Å². The van der Waals surface area contributed by atoms with Gasteiger partial charge in [0.05, 0.1) is 0 Å².